The summed E-state index contributed by atoms with van der Waals surface area (Å²) in [5.74, 6) is 0. The summed E-state index contributed by atoms with van der Waals surface area (Å²) in [5, 5.41) is -0.772. The Hall–Kier alpha value is -1.10. The first kappa shape index (κ1) is 10.4. The number of aromatic nitrogens is 1. The smallest absolute Gasteiger partial charge is 0.232 e. The van der Waals surface area contributed by atoms with Crippen LogP contribution < -0.4 is 0 Å². The van der Waals surface area contributed by atoms with Crippen LogP contribution in [0.2, 0.25) is 0 Å². The van der Waals surface area contributed by atoms with Crippen LogP contribution in [0.15, 0.2) is 18.2 Å². The molecule has 0 aliphatic carbocycles. The van der Waals surface area contributed by atoms with Gasteiger partial charge < -0.3 is 0 Å². The molecule has 0 atom stereocenters. The number of alkyl halides is 3. The van der Waals surface area contributed by atoms with Gasteiger partial charge in [0.15, 0.2) is 5.01 Å². The van der Waals surface area contributed by atoms with Gasteiger partial charge in [-0.05, 0) is 24.1 Å². The summed E-state index contributed by atoms with van der Waals surface area (Å²) < 4.78 is 37.7. The molecule has 1 nitrogen and oxygen atoms in total. The first-order chi connectivity index (χ1) is 7.00. The molecule has 0 bridgehead atoms. The number of hydrogen-bond donors (Lipinski definition) is 0. The fraction of sp³-hybridized carbons (Fsp3) is 0.300. The molecule has 0 aliphatic heterocycles. The van der Waals surface area contributed by atoms with Crippen molar-refractivity contribution >= 4 is 21.6 Å². The quantitative estimate of drug-likeness (QED) is 0.725. The molecule has 0 aliphatic rings. The van der Waals surface area contributed by atoms with Gasteiger partial charge in [-0.25, -0.2) is 4.98 Å². The maximum Gasteiger partial charge on any atom is 0.443 e. The van der Waals surface area contributed by atoms with Crippen molar-refractivity contribution in [1.29, 1.82) is 0 Å². The van der Waals surface area contributed by atoms with Gasteiger partial charge >= 0.3 is 6.18 Å². The standard InChI is InChI=1S/C10H8F3NS/c1-2-6-3-4-8-7(5-6)14-9(15-8)10(11,12)13/h3-5H,2H2,1H3. The molecular weight excluding hydrogens is 223 g/mol. The average molecular weight is 231 g/mol. The lowest BCUT2D eigenvalue weighted by Crippen LogP contribution is -2.03. The number of benzene rings is 1. The molecule has 0 saturated heterocycles. The second-order valence-electron chi connectivity index (χ2n) is 3.17. The normalized spacial score (nSPS) is 12.3. The van der Waals surface area contributed by atoms with Gasteiger partial charge in [-0.15, -0.1) is 11.3 Å². The van der Waals surface area contributed by atoms with Gasteiger partial charge in [-0.2, -0.15) is 13.2 Å². The Bertz CT molecular complexity index is 487. The lowest BCUT2D eigenvalue weighted by Gasteiger charge is -1.98. The molecule has 2 rings (SSSR count). The van der Waals surface area contributed by atoms with Crippen molar-refractivity contribution in [3.8, 4) is 0 Å². The predicted octanol–water partition coefficient (Wildman–Crippen LogP) is 3.88. The summed E-state index contributed by atoms with van der Waals surface area (Å²) >= 11 is 0.687. The number of aryl methyl sites for hydroxylation is 1. The van der Waals surface area contributed by atoms with E-state index in [0.717, 1.165) is 12.0 Å². The third-order valence-electron chi connectivity index (χ3n) is 2.10. The Labute approximate surface area is 88.6 Å². The van der Waals surface area contributed by atoms with Crippen molar-refractivity contribution in [1.82, 2.24) is 4.98 Å². The van der Waals surface area contributed by atoms with Gasteiger partial charge in [0, 0.05) is 0 Å². The number of fused-ring (bicyclic) bond motifs is 1. The minimum Gasteiger partial charge on any atom is -0.232 e. The molecule has 0 radical (unpaired) electrons. The Morgan fingerprint density at radius 3 is 2.67 bits per heavy atom. The molecule has 0 saturated carbocycles. The zero-order valence-electron chi connectivity index (χ0n) is 7.93. The molecule has 0 fully saturated rings. The van der Waals surface area contributed by atoms with Crippen LogP contribution in [0.1, 0.15) is 17.5 Å². The summed E-state index contributed by atoms with van der Waals surface area (Å²) in [4.78, 5) is 3.59. The summed E-state index contributed by atoms with van der Waals surface area (Å²) in [6, 6.07) is 5.24. The van der Waals surface area contributed by atoms with E-state index >= 15 is 0 Å². The Morgan fingerprint density at radius 1 is 1.33 bits per heavy atom. The molecule has 5 heteroatoms. The van der Waals surface area contributed by atoms with Crippen molar-refractivity contribution < 1.29 is 13.2 Å². The molecule has 0 amide bonds. The van der Waals surface area contributed by atoms with Crippen molar-refractivity contribution in [2.75, 3.05) is 0 Å². The van der Waals surface area contributed by atoms with E-state index in [1.54, 1.807) is 12.1 Å². The van der Waals surface area contributed by atoms with Crippen LogP contribution >= 0.6 is 11.3 Å². The summed E-state index contributed by atoms with van der Waals surface area (Å²) in [7, 11) is 0. The molecule has 15 heavy (non-hydrogen) atoms. The minimum atomic E-state index is -4.34. The van der Waals surface area contributed by atoms with Crippen LogP contribution in [-0.2, 0) is 12.6 Å². The van der Waals surface area contributed by atoms with Crippen molar-refractivity contribution in [2.45, 2.75) is 19.5 Å². The number of hydrogen-bond acceptors (Lipinski definition) is 2. The average Bonchev–Trinajstić information content (AvgIpc) is 2.59. The van der Waals surface area contributed by atoms with E-state index in [2.05, 4.69) is 4.98 Å². The fourth-order valence-electron chi connectivity index (χ4n) is 1.31. The third-order valence-corrected chi connectivity index (χ3v) is 3.18. The molecule has 0 N–H and O–H groups in total. The highest BCUT2D eigenvalue weighted by Gasteiger charge is 2.34. The van der Waals surface area contributed by atoms with Crippen molar-refractivity contribution in [3.05, 3.63) is 28.8 Å². The van der Waals surface area contributed by atoms with Crippen LogP contribution in [0, 0.1) is 0 Å². The zero-order chi connectivity index (χ0) is 11.1. The van der Waals surface area contributed by atoms with E-state index in [9.17, 15) is 13.2 Å². The fourth-order valence-corrected chi connectivity index (χ4v) is 2.13. The molecule has 0 spiro atoms. The summed E-state index contributed by atoms with van der Waals surface area (Å²) in [5.41, 5.74) is 1.44. The number of nitrogens with zero attached hydrogens (tertiary/aromatic N) is 1. The SMILES string of the molecule is CCc1ccc2sc(C(F)(F)F)nc2c1. The highest BCUT2D eigenvalue weighted by Crippen LogP contribution is 2.35. The lowest BCUT2D eigenvalue weighted by molar-refractivity contribution is -0.137. The molecule has 1 heterocycles. The number of rotatable bonds is 1. The monoisotopic (exact) mass is 231 g/mol. The first-order valence-electron chi connectivity index (χ1n) is 4.47. The van der Waals surface area contributed by atoms with Crippen LogP contribution in [0.3, 0.4) is 0 Å². The molecule has 0 unspecified atom stereocenters. The third kappa shape index (κ3) is 1.97. The first-order valence-corrected chi connectivity index (χ1v) is 5.29. The topological polar surface area (TPSA) is 12.9 Å². The van der Waals surface area contributed by atoms with Gasteiger partial charge in [0.2, 0.25) is 0 Å². The van der Waals surface area contributed by atoms with Crippen molar-refractivity contribution in [3.63, 3.8) is 0 Å². The zero-order valence-corrected chi connectivity index (χ0v) is 8.75. The van der Waals surface area contributed by atoms with Crippen LogP contribution in [0.5, 0.6) is 0 Å². The van der Waals surface area contributed by atoms with E-state index in [-0.39, 0.29) is 0 Å². The second kappa shape index (κ2) is 3.48. The van der Waals surface area contributed by atoms with Gasteiger partial charge in [0.05, 0.1) is 10.2 Å². The second-order valence-corrected chi connectivity index (χ2v) is 4.20. The van der Waals surface area contributed by atoms with E-state index in [1.165, 1.54) is 0 Å². The highest BCUT2D eigenvalue weighted by molar-refractivity contribution is 7.18. The van der Waals surface area contributed by atoms with E-state index < -0.39 is 11.2 Å². The van der Waals surface area contributed by atoms with E-state index in [1.807, 2.05) is 13.0 Å². The maximum atomic E-state index is 12.4. The largest absolute Gasteiger partial charge is 0.443 e. The van der Waals surface area contributed by atoms with Gasteiger partial charge in [-0.1, -0.05) is 13.0 Å². The Morgan fingerprint density at radius 2 is 2.07 bits per heavy atom. The lowest BCUT2D eigenvalue weighted by atomic mass is 10.2. The van der Waals surface area contributed by atoms with Crippen molar-refractivity contribution in [2.24, 2.45) is 0 Å². The van der Waals surface area contributed by atoms with Gasteiger partial charge in [0.1, 0.15) is 0 Å². The predicted molar refractivity (Wildman–Crippen MR) is 54.0 cm³/mol. The molecule has 1 aromatic carbocycles. The minimum absolute atomic E-state index is 0.437. The molecule has 2 aromatic rings. The summed E-state index contributed by atoms with van der Waals surface area (Å²) in [6.07, 6.45) is -3.54. The Kier molecular flexibility index (Phi) is 2.42. The van der Waals surface area contributed by atoms with Gasteiger partial charge in [-0.3, -0.25) is 0 Å². The number of halogens is 3. The Balaban J connectivity index is 2.56. The van der Waals surface area contributed by atoms with Crippen LogP contribution in [-0.4, -0.2) is 4.98 Å². The van der Waals surface area contributed by atoms with E-state index in [4.69, 9.17) is 0 Å². The molecule has 1 aromatic heterocycles. The van der Waals surface area contributed by atoms with E-state index in [0.29, 0.717) is 21.6 Å². The molecule has 80 valence electrons. The number of thiazole rings is 1. The van der Waals surface area contributed by atoms with Crippen LogP contribution in [0.25, 0.3) is 10.2 Å². The van der Waals surface area contributed by atoms with Crippen LogP contribution in [0.4, 0.5) is 13.2 Å². The molecular formula is C10H8F3NS. The van der Waals surface area contributed by atoms with Gasteiger partial charge in [0.25, 0.3) is 0 Å². The highest BCUT2D eigenvalue weighted by atomic mass is 32.1. The maximum absolute atomic E-state index is 12.4. The summed E-state index contributed by atoms with van der Waals surface area (Å²) in [6.45, 7) is 1.96.